The van der Waals surface area contributed by atoms with Gasteiger partial charge >= 0.3 is 0 Å². The predicted octanol–water partition coefficient (Wildman–Crippen LogP) is 3.52. The average Bonchev–Trinajstić information content (AvgIpc) is 2.39. The Morgan fingerprint density at radius 3 is 2.35 bits per heavy atom. The molecule has 2 nitrogen and oxygen atoms in total. The summed E-state index contributed by atoms with van der Waals surface area (Å²) in [7, 11) is 0. The first-order valence-electron chi connectivity index (χ1n) is 6.33. The molecule has 1 fully saturated rings. The molecule has 0 aliphatic heterocycles. The highest BCUT2D eigenvalue weighted by molar-refractivity contribution is 6.30. The fraction of sp³-hybridized carbons (Fsp3) is 0.571. The van der Waals surface area contributed by atoms with Crippen LogP contribution in [-0.4, -0.2) is 12.1 Å². The molecule has 2 rings (SSSR count). The van der Waals surface area contributed by atoms with Gasteiger partial charge in [-0.1, -0.05) is 43.0 Å². The van der Waals surface area contributed by atoms with Gasteiger partial charge in [0.1, 0.15) is 0 Å². The Kier molecular flexibility index (Phi) is 4.43. The summed E-state index contributed by atoms with van der Waals surface area (Å²) in [5.74, 6) is 0. The molecule has 0 heterocycles. The third-order valence-corrected chi connectivity index (χ3v) is 3.85. The molecule has 2 N–H and O–H groups in total. The first-order chi connectivity index (χ1) is 8.24. The van der Waals surface area contributed by atoms with E-state index in [1.165, 1.54) is 19.3 Å². The highest BCUT2D eigenvalue weighted by atomic mass is 35.5. The Hall–Kier alpha value is -0.570. The molecule has 1 aromatic rings. The van der Waals surface area contributed by atoms with Gasteiger partial charge in [-0.25, -0.2) is 0 Å². The molecule has 0 saturated heterocycles. The zero-order valence-corrected chi connectivity index (χ0v) is 10.9. The SMILES string of the molecule is NCC1(OCc2ccc(Cl)cc2)CCCCC1. The summed E-state index contributed by atoms with van der Waals surface area (Å²) in [5.41, 5.74) is 6.95. The normalized spacial score (nSPS) is 19.2. The first-order valence-corrected chi connectivity index (χ1v) is 6.70. The van der Waals surface area contributed by atoms with Crippen LogP contribution in [0.5, 0.6) is 0 Å². The standard InChI is InChI=1S/C14H20ClNO/c15-13-6-4-12(5-7-13)10-17-14(11-16)8-2-1-3-9-14/h4-7H,1-3,8-11,16H2. The number of nitrogens with two attached hydrogens (primary N) is 1. The van der Waals surface area contributed by atoms with Gasteiger partial charge in [0.2, 0.25) is 0 Å². The molecule has 0 bridgehead atoms. The van der Waals surface area contributed by atoms with Crippen LogP contribution in [0.1, 0.15) is 37.7 Å². The zero-order valence-electron chi connectivity index (χ0n) is 10.1. The van der Waals surface area contributed by atoms with Crippen LogP contribution < -0.4 is 5.73 Å². The maximum absolute atomic E-state index is 6.08. The van der Waals surface area contributed by atoms with Crippen molar-refractivity contribution in [3.8, 4) is 0 Å². The maximum atomic E-state index is 6.08. The quantitative estimate of drug-likeness (QED) is 0.891. The van der Waals surface area contributed by atoms with Crippen LogP contribution in [-0.2, 0) is 11.3 Å². The fourth-order valence-electron chi connectivity index (χ4n) is 2.42. The molecular formula is C14H20ClNO. The van der Waals surface area contributed by atoms with E-state index in [0.29, 0.717) is 13.2 Å². The molecule has 0 aromatic heterocycles. The monoisotopic (exact) mass is 253 g/mol. The molecule has 0 amide bonds. The molecule has 1 aliphatic carbocycles. The van der Waals surface area contributed by atoms with Crippen molar-refractivity contribution in [1.82, 2.24) is 0 Å². The Labute approximate surface area is 108 Å². The van der Waals surface area contributed by atoms with Crippen LogP contribution in [0.3, 0.4) is 0 Å². The van der Waals surface area contributed by atoms with Gasteiger partial charge in [-0.05, 0) is 30.5 Å². The summed E-state index contributed by atoms with van der Waals surface area (Å²) in [6.07, 6.45) is 5.97. The van der Waals surface area contributed by atoms with Crippen molar-refractivity contribution in [2.24, 2.45) is 5.73 Å². The van der Waals surface area contributed by atoms with Crippen LogP contribution >= 0.6 is 11.6 Å². The molecule has 0 unspecified atom stereocenters. The van der Waals surface area contributed by atoms with E-state index in [1.807, 2.05) is 24.3 Å². The molecule has 17 heavy (non-hydrogen) atoms. The lowest BCUT2D eigenvalue weighted by Crippen LogP contribution is -2.42. The van der Waals surface area contributed by atoms with Crippen LogP contribution in [0.25, 0.3) is 0 Å². The molecule has 1 saturated carbocycles. The Morgan fingerprint density at radius 2 is 1.76 bits per heavy atom. The van der Waals surface area contributed by atoms with Gasteiger partial charge in [0.25, 0.3) is 0 Å². The first kappa shape index (κ1) is 12.9. The topological polar surface area (TPSA) is 35.2 Å². The maximum Gasteiger partial charge on any atom is 0.0808 e. The Morgan fingerprint density at radius 1 is 1.12 bits per heavy atom. The van der Waals surface area contributed by atoms with E-state index in [1.54, 1.807) is 0 Å². The minimum Gasteiger partial charge on any atom is -0.369 e. The van der Waals surface area contributed by atoms with Crippen LogP contribution in [0.4, 0.5) is 0 Å². The third-order valence-electron chi connectivity index (χ3n) is 3.60. The van der Waals surface area contributed by atoms with Gasteiger partial charge in [-0.2, -0.15) is 0 Å². The lowest BCUT2D eigenvalue weighted by molar-refractivity contribution is -0.0733. The predicted molar refractivity (Wildman–Crippen MR) is 71.1 cm³/mol. The van der Waals surface area contributed by atoms with Crippen molar-refractivity contribution < 1.29 is 4.74 Å². The lowest BCUT2D eigenvalue weighted by atomic mass is 9.84. The second-order valence-corrected chi connectivity index (χ2v) is 5.30. The summed E-state index contributed by atoms with van der Waals surface area (Å²) >= 11 is 5.85. The number of benzene rings is 1. The molecule has 0 radical (unpaired) electrons. The molecular weight excluding hydrogens is 234 g/mol. The van der Waals surface area contributed by atoms with Crippen molar-refractivity contribution in [2.75, 3.05) is 6.54 Å². The summed E-state index contributed by atoms with van der Waals surface area (Å²) in [6, 6.07) is 7.82. The number of rotatable bonds is 4. The van der Waals surface area contributed by atoms with E-state index in [9.17, 15) is 0 Å². The van der Waals surface area contributed by atoms with Crippen LogP contribution in [0.15, 0.2) is 24.3 Å². The molecule has 1 aliphatic rings. The molecule has 0 atom stereocenters. The van der Waals surface area contributed by atoms with Gasteiger partial charge in [-0.15, -0.1) is 0 Å². The number of hydrogen-bond donors (Lipinski definition) is 1. The molecule has 1 aromatic carbocycles. The molecule has 94 valence electrons. The largest absolute Gasteiger partial charge is 0.369 e. The van der Waals surface area contributed by atoms with E-state index in [4.69, 9.17) is 22.1 Å². The van der Waals surface area contributed by atoms with E-state index < -0.39 is 0 Å². The van der Waals surface area contributed by atoms with Crippen molar-refractivity contribution in [3.05, 3.63) is 34.9 Å². The Balaban J connectivity index is 1.93. The zero-order chi connectivity index (χ0) is 12.1. The summed E-state index contributed by atoms with van der Waals surface area (Å²) < 4.78 is 6.08. The van der Waals surface area contributed by atoms with Crippen molar-refractivity contribution in [1.29, 1.82) is 0 Å². The second-order valence-electron chi connectivity index (χ2n) is 4.86. The van der Waals surface area contributed by atoms with E-state index >= 15 is 0 Å². The van der Waals surface area contributed by atoms with E-state index in [0.717, 1.165) is 23.4 Å². The third kappa shape index (κ3) is 3.44. The van der Waals surface area contributed by atoms with E-state index in [2.05, 4.69) is 0 Å². The fourth-order valence-corrected chi connectivity index (χ4v) is 2.55. The van der Waals surface area contributed by atoms with Crippen molar-refractivity contribution >= 4 is 11.6 Å². The highest BCUT2D eigenvalue weighted by Crippen LogP contribution is 2.31. The summed E-state index contributed by atoms with van der Waals surface area (Å²) in [5, 5.41) is 0.764. The average molecular weight is 254 g/mol. The summed E-state index contributed by atoms with van der Waals surface area (Å²) in [4.78, 5) is 0. The van der Waals surface area contributed by atoms with Crippen LogP contribution in [0.2, 0.25) is 5.02 Å². The molecule has 3 heteroatoms. The highest BCUT2D eigenvalue weighted by Gasteiger charge is 2.31. The van der Waals surface area contributed by atoms with Gasteiger partial charge in [0, 0.05) is 11.6 Å². The van der Waals surface area contributed by atoms with Gasteiger partial charge in [0.05, 0.1) is 12.2 Å². The number of halogens is 1. The number of ether oxygens (including phenoxy) is 1. The van der Waals surface area contributed by atoms with Gasteiger partial charge in [-0.3, -0.25) is 0 Å². The minimum atomic E-state index is -0.0854. The minimum absolute atomic E-state index is 0.0854. The lowest BCUT2D eigenvalue weighted by Gasteiger charge is -2.36. The van der Waals surface area contributed by atoms with E-state index in [-0.39, 0.29) is 5.60 Å². The number of hydrogen-bond acceptors (Lipinski definition) is 2. The second kappa shape index (κ2) is 5.85. The van der Waals surface area contributed by atoms with Gasteiger partial charge in [0.15, 0.2) is 0 Å². The molecule has 0 spiro atoms. The van der Waals surface area contributed by atoms with Crippen molar-refractivity contribution in [3.63, 3.8) is 0 Å². The van der Waals surface area contributed by atoms with Gasteiger partial charge < -0.3 is 10.5 Å². The van der Waals surface area contributed by atoms with Crippen LogP contribution in [0, 0.1) is 0 Å². The smallest absolute Gasteiger partial charge is 0.0808 e. The van der Waals surface area contributed by atoms with Crippen molar-refractivity contribution in [2.45, 2.75) is 44.3 Å². The Bertz CT molecular complexity index is 344. The summed E-state index contributed by atoms with van der Waals surface area (Å²) in [6.45, 7) is 1.26.